The monoisotopic (exact) mass is 1050 g/mol. The van der Waals surface area contributed by atoms with Crippen LogP contribution in [0.1, 0.15) is 162 Å². The third-order valence-corrected chi connectivity index (χ3v) is 20.5. The SMILES string of the molecule is CCCCCCc1ccsc1-c1ccc(-c2sc(C3=C4C(=O)N(C)C(c5cc(CCCCCC)c(-c6ccc(-c7sccc7CCCCCC)s6)s5)=C4C(=O)N3C)cc2CCCCCC)s1.CN=P. The largest absolute Gasteiger partial charge is 0.309 e. The Balaban J connectivity index is 0.00000228. The molecule has 0 fully saturated rings. The van der Waals surface area contributed by atoms with Crippen LogP contribution in [0.15, 0.2) is 75.2 Å². The summed E-state index contributed by atoms with van der Waals surface area (Å²) in [7, 11) is 8.22. The minimum atomic E-state index is -0.0864. The molecule has 0 saturated carbocycles. The van der Waals surface area contributed by atoms with Gasteiger partial charge in [0.25, 0.3) is 11.8 Å². The van der Waals surface area contributed by atoms with Crippen LogP contribution in [0.5, 0.6) is 0 Å². The zero-order valence-electron chi connectivity index (χ0n) is 42.0. The maximum atomic E-state index is 14.7. The molecule has 0 N–H and O–H groups in total. The highest BCUT2D eigenvalue weighted by molar-refractivity contribution is 7.27. The Hall–Kier alpha value is -3.28. The van der Waals surface area contributed by atoms with Gasteiger partial charge >= 0.3 is 0 Å². The van der Waals surface area contributed by atoms with Crippen LogP contribution in [0, 0.1) is 0 Å². The molecule has 2 aliphatic rings. The molecule has 0 radical (unpaired) electrons. The number of nitrogens with zero attached hydrogens (tertiary/aromatic N) is 3. The lowest BCUT2D eigenvalue weighted by molar-refractivity contribution is -0.123. The zero-order valence-corrected chi connectivity index (χ0v) is 47.9. The third-order valence-electron chi connectivity index (χ3n) is 13.3. The van der Waals surface area contributed by atoms with E-state index in [0.717, 1.165) is 59.7 Å². The molecule has 0 saturated heterocycles. The Bertz CT molecular complexity index is 2540. The van der Waals surface area contributed by atoms with Crippen molar-refractivity contribution in [3.63, 3.8) is 0 Å². The van der Waals surface area contributed by atoms with Crippen LogP contribution < -0.4 is 0 Å². The van der Waals surface area contributed by atoms with Gasteiger partial charge in [-0.25, -0.2) is 0 Å². The first kappa shape index (κ1) is 53.5. The van der Waals surface area contributed by atoms with Gasteiger partial charge in [-0.05, 0) is 142 Å². The summed E-state index contributed by atoms with van der Waals surface area (Å²) in [4.78, 5) is 45.5. The molecule has 0 aromatic carbocycles. The van der Waals surface area contributed by atoms with E-state index in [1.54, 1.807) is 39.5 Å². The Morgan fingerprint density at radius 1 is 0.435 bits per heavy atom. The summed E-state index contributed by atoms with van der Waals surface area (Å²) in [5, 5.41) is 4.51. The molecule has 2 aliphatic heterocycles. The van der Waals surface area contributed by atoms with Crippen LogP contribution >= 0.6 is 77.1 Å². The first-order chi connectivity index (χ1) is 33.7. The van der Waals surface area contributed by atoms with Gasteiger partial charge in [0.05, 0.1) is 32.3 Å². The summed E-state index contributed by atoms with van der Waals surface area (Å²) < 4.78 is 3.31. The van der Waals surface area contributed by atoms with Crippen molar-refractivity contribution in [2.75, 3.05) is 21.1 Å². The maximum absolute atomic E-state index is 14.7. The average Bonchev–Trinajstić information content (AvgIpc) is 4.21. The number of amides is 2. The van der Waals surface area contributed by atoms with Crippen molar-refractivity contribution in [1.82, 2.24) is 9.80 Å². The van der Waals surface area contributed by atoms with Gasteiger partial charge in [0.2, 0.25) is 0 Å². The third kappa shape index (κ3) is 12.5. The molecular formula is C57H72N3O2PS6. The number of unbranched alkanes of at least 4 members (excludes halogenated alkanes) is 12. The molecule has 2 amide bonds. The molecule has 0 bridgehead atoms. The Morgan fingerprint density at radius 2 is 0.754 bits per heavy atom. The van der Waals surface area contributed by atoms with Crippen LogP contribution in [-0.2, 0) is 35.3 Å². The van der Waals surface area contributed by atoms with Gasteiger partial charge in [0.15, 0.2) is 0 Å². The second-order valence-electron chi connectivity index (χ2n) is 18.4. The van der Waals surface area contributed by atoms with Crippen molar-refractivity contribution in [3.05, 3.63) is 102 Å². The molecule has 368 valence electrons. The molecule has 69 heavy (non-hydrogen) atoms. The predicted octanol–water partition coefficient (Wildman–Crippen LogP) is 19.2. The average molecular weight is 1050 g/mol. The van der Waals surface area contributed by atoms with E-state index >= 15 is 0 Å². The number of hydrogen-bond acceptors (Lipinski definition) is 9. The minimum absolute atomic E-state index is 0.0864. The van der Waals surface area contributed by atoms with E-state index in [1.807, 2.05) is 59.4 Å². The smallest absolute Gasteiger partial charge is 0.261 e. The lowest BCUT2D eigenvalue weighted by Crippen LogP contribution is -2.24. The van der Waals surface area contributed by atoms with Crippen molar-refractivity contribution in [3.8, 4) is 39.0 Å². The van der Waals surface area contributed by atoms with E-state index in [4.69, 9.17) is 0 Å². The maximum Gasteiger partial charge on any atom is 0.261 e. The van der Waals surface area contributed by atoms with E-state index in [2.05, 4.69) is 101 Å². The molecule has 12 heteroatoms. The topological polar surface area (TPSA) is 53.0 Å². The van der Waals surface area contributed by atoms with Crippen LogP contribution in [-0.4, -0.2) is 42.8 Å². The Kier molecular flexibility index (Phi) is 20.5. The summed E-state index contributed by atoms with van der Waals surface area (Å²) in [5.41, 5.74) is 8.24. The van der Waals surface area contributed by atoms with Gasteiger partial charge in [-0.1, -0.05) is 105 Å². The van der Waals surface area contributed by atoms with Gasteiger partial charge in [-0.3, -0.25) is 14.3 Å². The highest BCUT2D eigenvalue weighted by atomic mass is 32.1. The van der Waals surface area contributed by atoms with Crippen LogP contribution in [0.2, 0.25) is 0 Å². The van der Waals surface area contributed by atoms with E-state index in [9.17, 15) is 9.59 Å². The van der Waals surface area contributed by atoms with Gasteiger partial charge in [0.1, 0.15) is 0 Å². The van der Waals surface area contributed by atoms with Crippen molar-refractivity contribution >= 4 is 100 Å². The molecule has 0 unspecified atom stereocenters. The fourth-order valence-electron chi connectivity index (χ4n) is 9.61. The van der Waals surface area contributed by atoms with Gasteiger partial charge in [-0.2, -0.15) is 0 Å². The number of fused-ring (bicyclic) bond motifs is 1. The second kappa shape index (κ2) is 26.4. The van der Waals surface area contributed by atoms with E-state index < -0.39 is 0 Å². The number of hydrogen-bond donors (Lipinski definition) is 0. The number of likely N-dealkylation sites (N-methyl/N-ethyl adjacent to an activating group) is 2. The lowest BCUT2D eigenvalue weighted by Gasteiger charge is -2.18. The van der Waals surface area contributed by atoms with E-state index in [-0.39, 0.29) is 11.8 Å². The van der Waals surface area contributed by atoms with E-state index in [0.29, 0.717) is 11.1 Å². The normalized spacial score (nSPS) is 13.7. The standard InChI is InChI=1S/C56H68N2O2S6.CH4NP/c1-7-11-15-19-23-37-31-33-61-51(37)41-27-29-43(63-41)53-39(25-21-17-13-9-3)35-45(65-53)49-47-48(56(60)57(49)5)50(58(6)55(47)59)46-36-40(26-22-18-14-10-4)54(66-46)44-30-28-42(64-44)52-38(32-34-62-52)24-20-16-12-8-2;1-2-3/h27-36H,7-26H2,1-6H3;3H,1H3. The summed E-state index contributed by atoms with van der Waals surface area (Å²) in [6, 6.07) is 18.5. The fourth-order valence-corrected chi connectivity index (χ4v) is 16.7. The molecule has 0 atom stereocenters. The number of carbonyl (C=O) groups is 2. The quantitative estimate of drug-likeness (QED) is 0.0401. The van der Waals surface area contributed by atoms with Gasteiger partial charge < -0.3 is 9.80 Å². The molecule has 0 aliphatic carbocycles. The van der Waals surface area contributed by atoms with E-state index in [1.165, 1.54) is 151 Å². The summed E-state index contributed by atoms with van der Waals surface area (Å²) in [6.45, 7) is 9.08. The van der Waals surface area contributed by atoms with Crippen molar-refractivity contribution in [2.45, 2.75) is 156 Å². The zero-order chi connectivity index (χ0) is 48.9. The number of thiophene rings is 6. The van der Waals surface area contributed by atoms with Crippen LogP contribution in [0.25, 0.3) is 50.4 Å². The van der Waals surface area contributed by atoms with Crippen molar-refractivity contribution in [1.29, 1.82) is 0 Å². The molecule has 6 aromatic heterocycles. The summed E-state index contributed by atoms with van der Waals surface area (Å²) in [6.07, 6.45) is 23.9. The second-order valence-corrected chi connectivity index (χ2v) is 25.0. The number of aryl methyl sites for hydroxylation is 4. The van der Waals surface area contributed by atoms with Crippen LogP contribution in [0.4, 0.5) is 0 Å². The fraction of sp³-hybridized carbons (Fsp3) is 0.474. The number of carbonyl (C=O) groups excluding carboxylic acids is 2. The van der Waals surface area contributed by atoms with Crippen LogP contribution in [0.3, 0.4) is 0 Å². The first-order valence-electron chi connectivity index (χ1n) is 25.6. The minimum Gasteiger partial charge on any atom is -0.309 e. The van der Waals surface area contributed by atoms with Gasteiger partial charge in [-0.15, -0.1) is 68.0 Å². The Morgan fingerprint density at radius 3 is 1.09 bits per heavy atom. The number of rotatable bonds is 26. The summed E-state index contributed by atoms with van der Waals surface area (Å²) in [5.74, 6) is -0.173. The molecule has 0 spiro atoms. The highest BCUT2D eigenvalue weighted by Gasteiger charge is 2.47. The molecule has 6 aromatic rings. The molecular weight excluding hydrogens is 982 g/mol. The van der Waals surface area contributed by atoms with Gasteiger partial charge in [0, 0.05) is 60.2 Å². The molecule has 8 rings (SSSR count). The summed E-state index contributed by atoms with van der Waals surface area (Å²) >= 11 is 11.0. The van der Waals surface area contributed by atoms with Crippen molar-refractivity contribution in [2.24, 2.45) is 4.74 Å². The highest BCUT2D eigenvalue weighted by Crippen LogP contribution is 2.52. The predicted molar refractivity (Wildman–Crippen MR) is 309 cm³/mol. The molecule has 8 heterocycles. The Labute approximate surface area is 439 Å². The lowest BCUT2D eigenvalue weighted by atomic mass is 10.0. The van der Waals surface area contributed by atoms with Crippen molar-refractivity contribution < 1.29 is 9.59 Å². The first-order valence-corrected chi connectivity index (χ1v) is 31.1. The molecule has 5 nitrogen and oxygen atoms in total.